The molecule has 5 heteroatoms. The van der Waals surface area contributed by atoms with Crippen molar-refractivity contribution in [2.45, 2.75) is 0 Å². The number of fused-ring (bicyclic) bond motifs is 11. The van der Waals surface area contributed by atoms with Crippen molar-refractivity contribution in [1.29, 1.82) is 0 Å². The van der Waals surface area contributed by atoms with E-state index in [1.165, 1.54) is 52.8 Å². The molecule has 0 aliphatic rings. The Morgan fingerprint density at radius 1 is 0.414 bits per heavy atom. The van der Waals surface area contributed by atoms with Crippen LogP contribution in [0.15, 0.2) is 194 Å². The molecule has 0 saturated heterocycles. The van der Waals surface area contributed by atoms with Crippen molar-refractivity contribution < 1.29 is 0 Å². The van der Waals surface area contributed by atoms with Crippen molar-refractivity contribution in [3.05, 3.63) is 194 Å². The van der Waals surface area contributed by atoms with Crippen LogP contribution in [0.25, 0.3) is 114 Å². The van der Waals surface area contributed by atoms with Crippen LogP contribution in [0, 0.1) is 0 Å². The Morgan fingerprint density at radius 3 is 1.72 bits per heavy atom. The van der Waals surface area contributed by atoms with Gasteiger partial charge in [-0.3, -0.25) is 0 Å². The van der Waals surface area contributed by atoms with Gasteiger partial charge in [-0.1, -0.05) is 121 Å². The van der Waals surface area contributed by atoms with Crippen molar-refractivity contribution in [3.63, 3.8) is 0 Å². The molecule has 8 aromatic carbocycles. The standard InChI is InChI=1S/C53H32N4S/c1-3-14-33(15-4-1)36-30-37(34-16-5-2-6-17-34)32-38(31-36)49-44-22-13-29-54-53(44)56-52(55-49)35-25-27-39(28-26-35)57-45-23-11-9-20-42(45)47-40-18-7-8-19-41(40)48-43-21-10-12-24-46(43)58-51(48)50(47)57/h1-32H. The Bertz CT molecular complexity index is 3490. The molecule has 0 fully saturated rings. The molecule has 0 radical (unpaired) electrons. The van der Waals surface area contributed by atoms with Gasteiger partial charge in [0.2, 0.25) is 0 Å². The highest BCUT2D eigenvalue weighted by Gasteiger charge is 2.22. The van der Waals surface area contributed by atoms with Gasteiger partial charge in [-0.2, -0.15) is 0 Å². The molecule has 0 amide bonds. The summed E-state index contributed by atoms with van der Waals surface area (Å²) in [6.07, 6.45) is 1.81. The van der Waals surface area contributed by atoms with E-state index in [0.717, 1.165) is 50.1 Å². The molecule has 0 aliphatic heterocycles. The van der Waals surface area contributed by atoms with E-state index in [1.54, 1.807) is 0 Å². The van der Waals surface area contributed by atoms with Crippen molar-refractivity contribution in [2.75, 3.05) is 0 Å². The Morgan fingerprint density at radius 2 is 1.00 bits per heavy atom. The first-order valence-electron chi connectivity index (χ1n) is 19.5. The zero-order valence-electron chi connectivity index (χ0n) is 31.2. The molecule has 12 rings (SSSR count). The van der Waals surface area contributed by atoms with Crippen molar-refractivity contribution in [3.8, 4) is 50.6 Å². The number of para-hydroxylation sites is 1. The third-order valence-electron chi connectivity index (χ3n) is 11.4. The molecule has 0 atom stereocenters. The lowest BCUT2D eigenvalue weighted by molar-refractivity contribution is 1.17. The number of hydrogen-bond donors (Lipinski definition) is 0. The summed E-state index contributed by atoms with van der Waals surface area (Å²) in [5.74, 6) is 0.638. The molecule has 12 aromatic rings. The van der Waals surface area contributed by atoms with E-state index in [2.05, 4.69) is 187 Å². The molecule has 0 spiro atoms. The van der Waals surface area contributed by atoms with Crippen LogP contribution >= 0.6 is 11.3 Å². The summed E-state index contributed by atoms with van der Waals surface area (Å²) < 4.78 is 5.05. The van der Waals surface area contributed by atoms with Crippen LogP contribution in [0.3, 0.4) is 0 Å². The van der Waals surface area contributed by atoms with Crippen LogP contribution in [0.1, 0.15) is 0 Å². The molecular formula is C53H32N4S. The smallest absolute Gasteiger partial charge is 0.163 e. The average Bonchev–Trinajstić information content (AvgIpc) is 3.86. The third-order valence-corrected chi connectivity index (χ3v) is 12.6. The van der Waals surface area contributed by atoms with Crippen LogP contribution in [0.4, 0.5) is 0 Å². The minimum Gasteiger partial charge on any atom is -0.308 e. The minimum absolute atomic E-state index is 0.638. The number of thiophene rings is 1. The number of aromatic nitrogens is 4. The van der Waals surface area contributed by atoms with Crippen LogP contribution in [0.5, 0.6) is 0 Å². The van der Waals surface area contributed by atoms with E-state index in [-0.39, 0.29) is 0 Å². The van der Waals surface area contributed by atoms with E-state index in [4.69, 9.17) is 15.0 Å². The van der Waals surface area contributed by atoms with Crippen molar-refractivity contribution in [1.82, 2.24) is 19.5 Å². The van der Waals surface area contributed by atoms with Gasteiger partial charge < -0.3 is 4.57 Å². The van der Waals surface area contributed by atoms with Crippen LogP contribution < -0.4 is 0 Å². The van der Waals surface area contributed by atoms with Gasteiger partial charge in [0.05, 0.1) is 21.4 Å². The second kappa shape index (κ2) is 13.1. The summed E-state index contributed by atoms with van der Waals surface area (Å²) in [5.41, 5.74) is 11.5. The fraction of sp³-hybridized carbons (Fsp3) is 0. The fourth-order valence-electron chi connectivity index (χ4n) is 8.82. The number of hydrogen-bond acceptors (Lipinski definition) is 4. The normalized spacial score (nSPS) is 11.8. The molecule has 4 aromatic heterocycles. The molecule has 0 saturated carbocycles. The lowest BCUT2D eigenvalue weighted by Crippen LogP contribution is -1.98. The van der Waals surface area contributed by atoms with Gasteiger partial charge in [0.15, 0.2) is 11.5 Å². The first kappa shape index (κ1) is 32.7. The predicted octanol–water partition coefficient (Wildman–Crippen LogP) is 14.3. The molecular weight excluding hydrogens is 725 g/mol. The lowest BCUT2D eigenvalue weighted by Gasteiger charge is -2.14. The Kier molecular flexibility index (Phi) is 7.37. The zero-order valence-corrected chi connectivity index (χ0v) is 32.0. The third kappa shape index (κ3) is 5.11. The molecule has 0 aliphatic carbocycles. The average molecular weight is 757 g/mol. The Hall–Kier alpha value is -7.47. The fourth-order valence-corrected chi connectivity index (χ4v) is 10.1. The molecule has 0 bridgehead atoms. The van der Waals surface area contributed by atoms with Gasteiger partial charge in [0.1, 0.15) is 0 Å². The first-order chi connectivity index (χ1) is 28.8. The van der Waals surface area contributed by atoms with Crippen LogP contribution in [0.2, 0.25) is 0 Å². The van der Waals surface area contributed by atoms with Crippen LogP contribution in [-0.4, -0.2) is 19.5 Å². The summed E-state index contributed by atoms with van der Waals surface area (Å²) in [5, 5.41) is 8.64. The lowest BCUT2D eigenvalue weighted by atomic mass is 9.94. The Balaban J connectivity index is 1.06. The Labute approximate surface area is 338 Å². The van der Waals surface area contributed by atoms with Crippen molar-refractivity contribution >= 4 is 75.1 Å². The van der Waals surface area contributed by atoms with Crippen LogP contribution in [-0.2, 0) is 0 Å². The maximum absolute atomic E-state index is 5.35. The van der Waals surface area contributed by atoms with E-state index in [9.17, 15) is 0 Å². The summed E-state index contributed by atoms with van der Waals surface area (Å²) in [4.78, 5) is 15.2. The SMILES string of the molecule is c1ccc(-c2cc(-c3ccccc3)cc(-c3nc(-c4ccc(-n5c6ccccc6c6c7ccccc7c7c8ccccc8sc7c65)cc4)nc4ncccc34)c2)cc1. The van der Waals surface area contributed by atoms with Gasteiger partial charge in [-0.25, -0.2) is 15.0 Å². The number of pyridine rings is 1. The number of nitrogens with zero attached hydrogens (tertiary/aromatic N) is 4. The summed E-state index contributed by atoms with van der Waals surface area (Å²) in [6, 6.07) is 67.1. The summed E-state index contributed by atoms with van der Waals surface area (Å²) in [7, 11) is 0. The van der Waals surface area contributed by atoms with Gasteiger partial charge in [0, 0.05) is 54.6 Å². The van der Waals surface area contributed by atoms with E-state index < -0.39 is 0 Å². The molecule has 0 N–H and O–H groups in total. The highest BCUT2D eigenvalue weighted by atomic mass is 32.1. The highest BCUT2D eigenvalue weighted by molar-refractivity contribution is 7.27. The van der Waals surface area contributed by atoms with Crippen molar-refractivity contribution in [2.24, 2.45) is 0 Å². The molecule has 0 unspecified atom stereocenters. The van der Waals surface area contributed by atoms with Gasteiger partial charge in [-0.15, -0.1) is 11.3 Å². The van der Waals surface area contributed by atoms with Gasteiger partial charge >= 0.3 is 0 Å². The first-order valence-corrected chi connectivity index (χ1v) is 20.3. The quantitative estimate of drug-likeness (QED) is 0.176. The summed E-state index contributed by atoms with van der Waals surface area (Å²) >= 11 is 1.88. The maximum atomic E-state index is 5.35. The van der Waals surface area contributed by atoms with E-state index in [0.29, 0.717) is 11.5 Å². The predicted molar refractivity (Wildman–Crippen MR) is 244 cm³/mol. The molecule has 4 nitrogen and oxygen atoms in total. The minimum atomic E-state index is 0.638. The van der Waals surface area contributed by atoms with E-state index >= 15 is 0 Å². The zero-order chi connectivity index (χ0) is 38.2. The van der Waals surface area contributed by atoms with E-state index in [1.807, 2.05) is 23.6 Å². The second-order valence-corrected chi connectivity index (χ2v) is 15.8. The van der Waals surface area contributed by atoms with Gasteiger partial charge in [0.25, 0.3) is 0 Å². The molecule has 4 heterocycles. The van der Waals surface area contributed by atoms with Gasteiger partial charge in [-0.05, 0) is 99.8 Å². The highest BCUT2D eigenvalue weighted by Crippen LogP contribution is 2.48. The topological polar surface area (TPSA) is 43.6 Å². The number of rotatable bonds is 5. The number of benzene rings is 8. The summed E-state index contributed by atoms with van der Waals surface area (Å²) in [6.45, 7) is 0. The molecule has 58 heavy (non-hydrogen) atoms. The second-order valence-electron chi connectivity index (χ2n) is 14.8. The molecule has 270 valence electrons. The monoisotopic (exact) mass is 756 g/mol. The largest absolute Gasteiger partial charge is 0.308 e. The maximum Gasteiger partial charge on any atom is 0.163 e.